The van der Waals surface area contributed by atoms with Crippen LogP contribution in [-0.4, -0.2) is 35.4 Å². The predicted octanol–water partition coefficient (Wildman–Crippen LogP) is 2.55. The molecule has 3 N–H and O–H groups in total. The molecule has 0 saturated carbocycles. The van der Waals surface area contributed by atoms with Crippen LogP contribution in [0.4, 0.5) is 10.8 Å². The van der Waals surface area contributed by atoms with Gasteiger partial charge in [-0.3, -0.25) is 9.69 Å². The molecule has 1 amide bonds. The van der Waals surface area contributed by atoms with Crippen molar-refractivity contribution in [2.24, 2.45) is 0 Å². The number of fused-ring (bicyclic) bond motifs is 1. The largest absolute Gasteiger partial charge is 0.399 e. The number of carbonyl (C=O) groups excluding carboxylic acids is 1. The van der Waals surface area contributed by atoms with Crippen LogP contribution in [0.2, 0.25) is 0 Å². The molecule has 108 valence electrons. The fourth-order valence-electron chi connectivity index (χ4n) is 2.02. The van der Waals surface area contributed by atoms with Crippen LogP contribution >= 0.6 is 11.3 Å². The summed E-state index contributed by atoms with van der Waals surface area (Å²) in [5.74, 6) is -0.0210. The Hall–Kier alpha value is -1.66. The Kier molecular flexibility index (Phi) is 4.92. The van der Waals surface area contributed by atoms with E-state index in [1.165, 1.54) is 11.3 Å². The predicted molar refractivity (Wildman–Crippen MR) is 85.1 cm³/mol. The standard InChI is InChI=1S/C14H20N4OS/c1-3-7-18(4-2)9-13(19)17-14-16-11-6-5-10(15)8-12(11)20-14/h5-6,8H,3-4,7,9,15H2,1-2H3,(H,16,17,19). The van der Waals surface area contributed by atoms with Gasteiger partial charge in [0, 0.05) is 5.69 Å². The van der Waals surface area contributed by atoms with Gasteiger partial charge in [-0.25, -0.2) is 4.98 Å². The van der Waals surface area contributed by atoms with Crippen LogP contribution < -0.4 is 11.1 Å². The molecule has 20 heavy (non-hydrogen) atoms. The third kappa shape index (κ3) is 3.68. The van der Waals surface area contributed by atoms with E-state index in [1.807, 2.05) is 18.2 Å². The Balaban J connectivity index is 2.02. The fourth-order valence-corrected chi connectivity index (χ4v) is 2.95. The number of nitrogen functional groups attached to an aromatic ring is 1. The first-order valence-electron chi connectivity index (χ1n) is 6.80. The monoisotopic (exact) mass is 292 g/mol. The Morgan fingerprint density at radius 2 is 2.25 bits per heavy atom. The first-order chi connectivity index (χ1) is 9.62. The van der Waals surface area contributed by atoms with Crippen molar-refractivity contribution in [1.82, 2.24) is 9.88 Å². The normalized spacial score (nSPS) is 11.2. The van der Waals surface area contributed by atoms with Crippen LogP contribution in [0.3, 0.4) is 0 Å². The van der Waals surface area contributed by atoms with E-state index >= 15 is 0 Å². The zero-order valence-corrected chi connectivity index (χ0v) is 12.7. The summed E-state index contributed by atoms with van der Waals surface area (Å²) in [7, 11) is 0. The van der Waals surface area contributed by atoms with Gasteiger partial charge in [0.25, 0.3) is 0 Å². The summed E-state index contributed by atoms with van der Waals surface area (Å²) in [6, 6.07) is 5.55. The third-order valence-corrected chi connectivity index (χ3v) is 3.95. The van der Waals surface area contributed by atoms with Crippen molar-refractivity contribution in [3.05, 3.63) is 18.2 Å². The number of benzene rings is 1. The molecule has 0 fully saturated rings. The first kappa shape index (κ1) is 14.7. The fraction of sp³-hybridized carbons (Fsp3) is 0.429. The Labute approximate surface area is 122 Å². The maximum absolute atomic E-state index is 12.0. The Morgan fingerprint density at radius 3 is 2.95 bits per heavy atom. The van der Waals surface area contributed by atoms with E-state index in [0.29, 0.717) is 17.4 Å². The maximum atomic E-state index is 12.0. The molecule has 5 nitrogen and oxygen atoms in total. The number of nitrogens with zero attached hydrogens (tertiary/aromatic N) is 2. The smallest absolute Gasteiger partial charge is 0.240 e. The number of rotatable bonds is 6. The maximum Gasteiger partial charge on any atom is 0.240 e. The van der Waals surface area contributed by atoms with Crippen LogP contribution in [0.25, 0.3) is 10.2 Å². The van der Waals surface area contributed by atoms with Crippen LogP contribution in [0.5, 0.6) is 0 Å². The minimum atomic E-state index is -0.0210. The second-order valence-electron chi connectivity index (χ2n) is 4.66. The third-order valence-electron chi connectivity index (χ3n) is 3.01. The average molecular weight is 292 g/mol. The van der Waals surface area contributed by atoms with E-state index in [4.69, 9.17) is 5.73 Å². The lowest BCUT2D eigenvalue weighted by Gasteiger charge is -2.18. The van der Waals surface area contributed by atoms with E-state index in [0.717, 1.165) is 29.7 Å². The first-order valence-corrected chi connectivity index (χ1v) is 7.62. The topological polar surface area (TPSA) is 71.2 Å². The van der Waals surface area contributed by atoms with E-state index in [1.54, 1.807) is 0 Å². The molecule has 0 saturated heterocycles. The van der Waals surface area contributed by atoms with E-state index in [9.17, 15) is 4.79 Å². The Bertz CT molecular complexity index is 596. The minimum absolute atomic E-state index is 0.0210. The lowest BCUT2D eigenvalue weighted by Crippen LogP contribution is -2.33. The molecule has 0 bridgehead atoms. The van der Waals surface area contributed by atoms with Gasteiger partial charge in [0.15, 0.2) is 5.13 Å². The highest BCUT2D eigenvalue weighted by Crippen LogP contribution is 2.27. The van der Waals surface area contributed by atoms with Gasteiger partial charge in [-0.1, -0.05) is 25.2 Å². The number of carbonyl (C=O) groups is 1. The second-order valence-corrected chi connectivity index (χ2v) is 5.69. The van der Waals surface area contributed by atoms with E-state index < -0.39 is 0 Å². The minimum Gasteiger partial charge on any atom is -0.399 e. The van der Waals surface area contributed by atoms with Crippen molar-refractivity contribution >= 4 is 38.3 Å². The number of anilines is 2. The zero-order chi connectivity index (χ0) is 14.5. The van der Waals surface area contributed by atoms with Gasteiger partial charge in [0.05, 0.1) is 16.8 Å². The molecule has 1 heterocycles. The molecule has 0 aliphatic carbocycles. The summed E-state index contributed by atoms with van der Waals surface area (Å²) < 4.78 is 0.987. The molecule has 0 atom stereocenters. The number of nitrogens with two attached hydrogens (primary N) is 1. The highest BCUT2D eigenvalue weighted by atomic mass is 32.1. The molecule has 2 aromatic rings. The van der Waals surface area contributed by atoms with Crippen LogP contribution in [0.15, 0.2) is 18.2 Å². The second kappa shape index (κ2) is 6.67. The summed E-state index contributed by atoms with van der Waals surface area (Å²) in [5.41, 5.74) is 7.31. The van der Waals surface area contributed by atoms with Gasteiger partial charge in [-0.05, 0) is 37.7 Å². The van der Waals surface area contributed by atoms with Crippen molar-refractivity contribution in [3.8, 4) is 0 Å². The van der Waals surface area contributed by atoms with Crippen molar-refractivity contribution in [1.29, 1.82) is 0 Å². The number of likely N-dealkylation sites (N-methyl/N-ethyl adjacent to an activating group) is 1. The van der Waals surface area contributed by atoms with Crippen molar-refractivity contribution < 1.29 is 4.79 Å². The summed E-state index contributed by atoms with van der Waals surface area (Å²) >= 11 is 1.45. The van der Waals surface area contributed by atoms with Gasteiger partial charge in [0.1, 0.15) is 0 Å². The van der Waals surface area contributed by atoms with Crippen LogP contribution in [-0.2, 0) is 4.79 Å². The highest BCUT2D eigenvalue weighted by molar-refractivity contribution is 7.22. The number of nitrogens with one attached hydrogen (secondary N) is 1. The molecular formula is C14H20N4OS. The molecule has 0 spiro atoms. The van der Waals surface area contributed by atoms with Crippen LogP contribution in [0.1, 0.15) is 20.3 Å². The van der Waals surface area contributed by atoms with Gasteiger partial charge >= 0.3 is 0 Å². The Morgan fingerprint density at radius 1 is 1.45 bits per heavy atom. The molecule has 0 unspecified atom stereocenters. The SMILES string of the molecule is CCCN(CC)CC(=O)Nc1nc2ccc(N)cc2s1. The lowest BCUT2D eigenvalue weighted by molar-refractivity contribution is -0.117. The van der Waals surface area contributed by atoms with Crippen molar-refractivity contribution in [3.63, 3.8) is 0 Å². The summed E-state index contributed by atoms with van der Waals surface area (Å²) in [5, 5.41) is 3.49. The van der Waals surface area contributed by atoms with Gasteiger partial charge < -0.3 is 11.1 Å². The highest BCUT2D eigenvalue weighted by Gasteiger charge is 2.11. The number of hydrogen-bond acceptors (Lipinski definition) is 5. The van der Waals surface area contributed by atoms with E-state index in [2.05, 4.69) is 29.0 Å². The molecule has 0 aliphatic rings. The molecule has 0 radical (unpaired) electrons. The quantitative estimate of drug-likeness (QED) is 0.803. The number of amides is 1. The van der Waals surface area contributed by atoms with Gasteiger partial charge in [0.2, 0.25) is 5.91 Å². The summed E-state index contributed by atoms with van der Waals surface area (Å²) in [6.07, 6.45) is 1.04. The van der Waals surface area contributed by atoms with Crippen LogP contribution in [0, 0.1) is 0 Å². The number of aromatic nitrogens is 1. The molecule has 1 aromatic carbocycles. The summed E-state index contributed by atoms with van der Waals surface area (Å²) in [6.45, 7) is 6.38. The van der Waals surface area contributed by atoms with Gasteiger partial charge in [-0.15, -0.1) is 0 Å². The van der Waals surface area contributed by atoms with Crippen molar-refractivity contribution in [2.75, 3.05) is 30.7 Å². The molecule has 6 heteroatoms. The van der Waals surface area contributed by atoms with Gasteiger partial charge in [-0.2, -0.15) is 0 Å². The molecule has 2 rings (SSSR count). The average Bonchev–Trinajstić information content (AvgIpc) is 2.79. The summed E-state index contributed by atoms with van der Waals surface area (Å²) in [4.78, 5) is 18.5. The van der Waals surface area contributed by atoms with Crippen molar-refractivity contribution in [2.45, 2.75) is 20.3 Å². The van der Waals surface area contributed by atoms with E-state index in [-0.39, 0.29) is 5.91 Å². The lowest BCUT2D eigenvalue weighted by atomic mass is 10.3. The number of thiazole rings is 1. The zero-order valence-electron chi connectivity index (χ0n) is 11.8. The molecular weight excluding hydrogens is 272 g/mol. The molecule has 1 aromatic heterocycles. The number of hydrogen-bond donors (Lipinski definition) is 2. The molecule has 0 aliphatic heterocycles.